The molecule has 0 unspecified atom stereocenters. The summed E-state index contributed by atoms with van der Waals surface area (Å²) >= 11 is 0. The Morgan fingerprint density at radius 1 is 1.09 bits per heavy atom. The van der Waals surface area contributed by atoms with Crippen molar-refractivity contribution >= 4 is 28.8 Å². The number of carbonyl (C=O) groups excluding carboxylic acids is 1. The Morgan fingerprint density at radius 2 is 1.85 bits per heavy atom. The number of anilines is 4. The molecular formula is C24H25F2N5O2. The Kier molecular flexibility index (Phi) is 6.99. The summed E-state index contributed by atoms with van der Waals surface area (Å²) in [6, 6.07) is 13.7. The molecule has 4 rings (SSSR count). The number of primary amides is 1. The number of hydrogen-bond donors (Lipinski definition) is 3. The van der Waals surface area contributed by atoms with Crippen LogP contribution in [0.25, 0.3) is 0 Å². The van der Waals surface area contributed by atoms with Crippen LogP contribution in [0, 0.1) is 11.6 Å². The maximum atomic E-state index is 14.0. The normalized spacial score (nSPS) is 13.6. The average Bonchev–Trinajstić information content (AvgIpc) is 2.82. The highest BCUT2D eigenvalue weighted by molar-refractivity contribution is 5.79. The molecular weight excluding hydrogens is 428 g/mol. The number of nitrogens with one attached hydrogen (secondary N) is 2. The molecule has 1 aliphatic heterocycles. The summed E-state index contributed by atoms with van der Waals surface area (Å²) in [6.07, 6.45) is 1.51. The van der Waals surface area contributed by atoms with Gasteiger partial charge in [0.1, 0.15) is 5.82 Å². The van der Waals surface area contributed by atoms with E-state index in [9.17, 15) is 13.6 Å². The van der Waals surface area contributed by atoms with Crippen LogP contribution < -0.4 is 21.3 Å². The fourth-order valence-electron chi connectivity index (χ4n) is 3.65. The molecule has 7 nitrogen and oxygen atoms in total. The van der Waals surface area contributed by atoms with Crippen LogP contribution in [-0.4, -0.2) is 37.2 Å². The summed E-state index contributed by atoms with van der Waals surface area (Å²) in [7, 11) is 0. The van der Waals surface area contributed by atoms with Gasteiger partial charge in [-0.15, -0.1) is 0 Å². The average molecular weight is 453 g/mol. The second kappa shape index (κ2) is 10.3. The standard InChI is InChI=1S/C24H25F2N5O2/c25-20-3-1-2-16(24(20)26)14-28-21-13-23(29-15-17(21)12-22(27)32)30-18-4-6-19(7-5-18)31-8-10-33-11-9-31/h1-7,13,15H,8-12,14H2,(H2,27,32)(H2,28,29,30). The molecule has 33 heavy (non-hydrogen) atoms. The van der Waals surface area contributed by atoms with Gasteiger partial charge < -0.3 is 26.0 Å². The summed E-state index contributed by atoms with van der Waals surface area (Å²) in [4.78, 5) is 18.1. The molecule has 0 radical (unpaired) electrons. The van der Waals surface area contributed by atoms with E-state index in [1.54, 1.807) is 12.3 Å². The van der Waals surface area contributed by atoms with E-state index in [-0.39, 0.29) is 18.5 Å². The molecule has 0 aliphatic carbocycles. The number of amides is 1. The lowest BCUT2D eigenvalue weighted by Gasteiger charge is -2.28. The molecule has 2 aromatic carbocycles. The number of hydrogen-bond acceptors (Lipinski definition) is 6. The number of nitrogens with two attached hydrogens (primary N) is 1. The number of morpholine rings is 1. The number of nitrogens with zero attached hydrogens (tertiary/aromatic N) is 2. The zero-order valence-corrected chi connectivity index (χ0v) is 18.0. The van der Waals surface area contributed by atoms with E-state index in [2.05, 4.69) is 20.5 Å². The topological polar surface area (TPSA) is 92.5 Å². The van der Waals surface area contributed by atoms with Crippen molar-refractivity contribution in [2.45, 2.75) is 13.0 Å². The smallest absolute Gasteiger partial charge is 0.221 e. The summed E-state index contributed by atoms with van der Waals surface area (Å²) in [5.41, 5.74) is 8.60. The predicted molar refractivity (Wildman–Crippen MR) is 124 cm³/mol. The summed E-state index contributed by atoms with van der Waals surface area (Å²) < 4.78 is 32.9. The molecule has 2 heterocycles. The van der Waals surface area contributed by atoms with E-state index in [0.29, 0.717) is 17.1 Å². The quantitative estimate of drug-likeness (QED) is 0.483. The molecule has 1 aromatic heterocycles. The number of benzene rings is 2. The third-order valence-electron chi connectivity index (χ3n) is 5.37. The molecule has 0 saturated carbocycles. The van der Waals surface area contributed by atoms with E-state index >= 15 is 0 Å². The lowest BCUT2D eigenvalue weighted by atomic mass is 10.1. The largest absolute Gasteiger partial charge is 0.380 e. The monoisotopic (exact) mass is 453 g/mol. The minimum atomic E-state index is -0.913. The first kappa shape index (κ1) is 22.5. The molecule has 0 spiro atoms. The minimum Gasteiger partial charge on any atom is -0.380 e. The van der Waals surface area contributed by atoms with Crippen molar-refractivity contribution in [2.75, 3.05) is 41.8 Å². The van der Waals surface area contributed by atoms with Crippen molar-refractivity contribution in [3.8, 4) is 0 Å². The summed E-state index contributed by atoms with van der Waals surface area (Å²) in [5, 5.41) is 6.30. The highest BCUT2D eigenvalue weighted by Crippen LogP contribution is 2.25. The fraction of sp³-hybridized carbons (Fsp3) is 0.250. The van der Waals surface area contributed by atoms with E-state index in [1.807, 2.05) is 24.3 Å². The number of pyridine rings is 1. The first-order chi connectivity index (χ1) is 16.0. The highest BCUT2D eigenvalue weighted by atomic mass is 19.2. The molecule has 4 N–H and O–H groups in total. The lowest BCUT2D eigenvalue weighted by Crippen LogP contribution is -2.36. The van der Waals surface area contributed by atoms with Crippen molar-refractivity contribution in [3.63, 3.8) is 0 Å². The minimum absolute atomic E-state index is 0.0322. The third-order valence-corrected chi connectivity index (χ3v) is 5.37. The van der Waals surface area contributed by atoms with Crippen molar-refractivity contribution < 1.29 is 18.3 Å². The van der Waals surface area contributed by atoms with Crippen LogP contribution in [0.1, 0.15) is 11.1 Å². The molecule has 0 bridgehead atoms. The Balaban J connectivity index is 1.50. The summed E-state index contributed by atoms with van der Waals surface area (Å²) in [6.45, 7) is 3.19. The van der Waals surface area contributed by atoms with Crippen LogP contribution in [0.2, 0.25) is 0 Å². The molecule has 1 amide bonds. The lowest BCUT2D eigenvalue weighted by molar-refractivity contribution is -0.117. The zero-order valence-electron chi connectivity index (χ0n) is 18.0. The first-order valence-electron chi connectivity index (χ1n) is 10.6. The first-order valence-corrected chi connectivity index (χ1v) is 10.6. The molecule has 9 heteroatoms. The maximum Gasteiger partial charge on any atom is 0.221 e. The second-order valence-corrected chi connectivity index (χ2v) is 7.71. The third kappa shape index (κ3) is 5.75. The van der Waals surface area contributed by atoms with Gasteiger partial charge in [-0.3, -0.25) is 4.79 Å². The van der Waals surface area contributed by atoms with Gasteiger partial charge in [0.2, 0.25) is 5.91 Å². The van der Waals surface area contributed by atoms with Crippen LogP contribution >= 0.6 is 0 Å². The van der Waals surface area contributed by atoms with Gasteiger partial charge >= 0.3 is 0 Å². The Labute approximate surface area is 190 Å². The number of carbonyl (C=O) groups is 1. The number of ether oxygens (including phenoxy) is 1. The van der Waals surface area contributed by atoms with Crippen molar-refractivity contribution in [2.24, 2.45) is 5.73 Å². The second-order valence-electron chi connectivity index (χ2n) is 7.71. The predicted octanol–water partition coefficient (Wildman–Crippen LogP) is 3.58. The van der Waals surface area contributed by atoms with Crippen LogP contribution in [0.15, 0.2) is 54.7 Å². The Morgan fingerprint density at radius 3 is 2.58 bits per heavy atom. The molecule has 3 aromatic rings. The Hall–Kier alpha value is -3.72. The van der Waals surface area contributed by atoms with Crippen LogP contribution in [-0.2, 0) is 22.5 Å². The molecule has 1 aliphatic rings. The van der Waals surface area contributed by atoms with Crippen LogP contribution in [0.3, 0.4) is 0 Å². The molecule has 1 saturated heterocycles. The van der Waals surface area contributed by atoms with E-state index in [0.717, 1.165) is 43.7 Å². The Bertz CT molecular complexity index is 1120. The van der Waals surface area contributed by atoms with Gasteiger partial charge in [-0.2, -0.15) is 0 Å². The van der Waals surface area contributed by atoms with Gasteiger partial charge in [-0.05, 0) is 30.3 Å². The maximum absolute atomic E-state index is 14.0. The zero-order chi connectivity index (χ0) is 23.2. The molecule has 0 atom stereocenters. The van der Waals surface area contributed by atoms with E-state index < -0.39 is 17.5 Å². The fourth-order valence-corrected chi connectivity index (χ4v) is 3.65. The van der Waals surface area contributed by atoms with Crippen molar-refractivity contribution in [1.29, 1.82) is 0 Å². The van der Waals surface area contributed by atoms with E-state index in [1.165, 1.54) is 12.1 Å². The summed E-state index contributed by atoms with van der Waals surface area (Å²) in [5.74, 6) is -1.81. The van der Waals surface area contributed by atoms with Crippen molar-refractivity contribution in [1.82, 2.24) is 4.98 Å². The van der Waals surface area contributed by atoms with Gasteiger partial charge in [0.25, 0.3) is 0 Å². The van der Waals surface area contributed by atoms with Gasteiger partial charge in [0.05, 0.1) is 19.6 Å². The van der Waals surface area contributed by atoms with Gasteiger partial charge in [-0.1, -0.05) is 12.1 Å². The number of halogens is 2. The molecule has 172 valence electrons. The van der Waals surface area contributed by atoms with Crippen molar-refractivity contribution in [3.05, 3.63) is 77.5 Å². The number of aromatic nitrogens is 1. The van der Waals surface area contributed by atoms with E-state index in [4.69, 9.17) is 10.5 Å². The SMILES string of the molecule is NC(=O)Cc1cnc(Nc2ccc(N3CCOCC3)cc2)cc1NCc1cccc(F)c1F. The number of rotatable bonds is 8. The van der Waals surface area contributed by atoms with Crippen LogP contribution in [0.4, 0.5) is 31.7 Å². The van der Waals surface area contributed by atoms with Crippen LogP contribution in [0.5, 0.6) is 0 Å². The van der Waals surface area contributed by atoms with Gasteiger partial charge in [0.15, 0.2) is 11.6 Å². The van der Waals surface area contributed by atoms with Gasteiger partial charge in [0, 0.05) is 60.1 Å². The molecule has 1 fully saturated rings. The highest BCUT2D eigenvalue weighted by Gasteiger charge is 2.13. The van der Waals surface area contributed by atoms with Gasteiger partial charge in [-0.25, -0.2) is 13.8 Å².